The molecule has 0 bridgehead atoms. The van der Waals surface area contributed by atoms with E-state index in [-0.39, 0.29) is 12.4 Å². The van der Waals surface area contributed by atoms with Crippen molar-refractivity contribution >= 4 is 29.0 Å². The molecule has 4 nitrogen and oxygen atoms in total. The van der Waals surface area contributed by atoms with Gasteiger partial charge in [0.25, 0.3) is 0 Å². The number of rotatable bonds is 3. The first-order valence-corrected chi connectivity index (χ1v) is 6.27. The van der Waals surface area contributed by atoms with Crippen molar-refractivity contribution in [1.29, 1.82) is 0 Å². The molecule has 0 saturated carbocycles. The van der Waals surface area contributed by atoms with E-state index in [4.69, 9.17) is 4.74 Å². The first-order chi connectivity index (χ1) is 8.86. The lowest BCUT2D eigenvalue weighted by Gasteiger charge is -2.16. The molecule has 1 aliphatic heterocycles. The minimum atomic E-state index is 0. The van der Waals surface area contributed by atoms with Crippen molar-refractivity contribution in [3.63, 3.8) is 0 Å². The summed E-state index contributed by atoms with van der Waals surface area (Å²) in [6, 6.07) is 8.55. The number of nitrogens with zero attached hydrogens (tertiary/aromatic N) is 1. The van der Waals surface area contributed by atoms with Crippen LogP contribution in [-0.2, 0) is 0 Å². The Bertz CT molecular complexity index is 555. The Morgan fingerprint density at radius 2 is 2.32 bits per heavy atom. The van der Waals surface area contributed by atoms with E-state index in [1.165, 1.54) is 0 Å². The van der Waals surface area contributed by atoms with Crippen LogP contribution in [0.2, 0.25) is 0 Å². The Morgan fingerprint density at radius 1 is 1.42 bits per heavy atom. The fourth-order valence-electron chi connectivity index (χ4n) is 2.39. The Hall–Kier alpha value is -1.52. The van der Waals surface area contributed by atoms with Crippen LogP contribution in [-0.4, -0.2) is 31.2 Å². The number of ether oxygens (including phenoxy) is 1. The molecule has 2 N–H and O–H groups in total. The molecule has 1 fully saturated rings. The third-order valence-corrected chi connectivity index (χ3v) is 3.35. The number of aromatic nitrogens is 1. The van der Waals surface area contributed by atoms with Crippen molar-refractivity contribution in [2.24, 2.45) is 0 Å². The maximum atomic E-state index is 5.33. The van der Waals surface area contributed by atoms with Crippen molar-refractivity contribution in [3.05, 3.63) is 30.5 Å². The first-order valence-electron chi connectivity index (χ1n) is 6.27. The number of hydrogen-bond donors (Lipinski definition) is 2. The molecule has 1 aromatic carbocycles. The van der Waals surface area contributed by atoms with Crippen molar-refractivity contribution in [3.8, 4) is 5.75 Å². The van der Waals surface area contributed by atoms with E-state index in [9.17, 15) is 0 Å². The van der Waals surface area contributed by atoms with Gasteiger partial charge in [-0.1, -0.05) is 0 Å². The molecule has 0 spiro atoms. The lowest BCUT2D eigenvalue weighted by atomic mass is 10.1. The predicted octanol–water partition coefficient (Wildman–Crippen LogP) is 2.44. The van der Waals surface area contributed by atoms with Crippen LogP contribution in [0.1, 0.15) is 6.42 Å². The van der Waals surface area contributed by atoms with E-state index >= 15 is 0 Å². The van der Waals surface area contributed by atoms with Gasteiger partial charge in [0.2, 0.25) is 0 Å². The van der Waals surface area contributed by atoms with Crippen LogP contribution in [0.3, 0.4) is 0 Å². The minimum absolute atomic E-state index is 0. The summed E-state index contributed by atoms with van der Waals surface area (Å²) in [7, 11) is 1.69. The van der Waals surface area contributed by atoms with Crippen molar-refractivity contribution in [2.45, 2.75) is 12.5 Å². The highest BCUT2D eigenvalue weighted by molar-refractivity contribution is 5.92. The van der Waals surface area contributed by atoms with Crippen molar-refractivity contribution in [2.75, 3.05) is 25.5 Å². The maximum absolute atomic E-state index is 5.33. The topological polar surface area (TPSA) is 46.2 Å². The highest BCUT2D eigenvalue weighted by Gasteiger charge is 2.15. The third-order valence-electron chi connectivity index (χ3n) is 3.35. The van der Waals surface area contributed by atoms with Crippen LogP contribution in [0.15, 0.2) is 30.5 Å². The molecule has 1 unspecified atom stereocenters. The van der Waals surface area contributed by atoms with Gasteiger partial charge in [-0.05, 0) is 25.1 Å². The highest BCUT2D eigenvalue weighted by Crippen LogP contribution is 2.28. The first kappa shape index (κ1) is 13.9. The molecular weight excluding hydrogens is 262 g/mol. The van der Waals surface area contributed by atoms with E-state index in [0.717, 1.165) is 41.9 Å². The van der Waals surface area contributed by atoms with E-state index < -0.39 is 0 Å². The van der Waals surface area contributed by atoms with Gasteiger partial charge in [-0.2, -0.15) is 0 Å². The Morgan fingerprint density at radius 3 is 3.05 bits per heavy atom. The molecule has 0 radical (unpaired) electrons. The summed E-state index contributed by atoms with van der Waals surface area (Å²) in [6.45, 7) is 2.09. The highest BCUT2D eigenvalue weighted by atomic mass is 35.5. The van der Waals surface area contributed by atoms with Gasteiger partial charge in [0.05, 0.1) is 12.6 Å². The Labute approximate surface area is 119 Å². The molecule has 1 saturated heterocycles. The molecule has 2 heterocycles. The van der Waals surface area contributed by atoms with Crippen LogP contribution < -0.4 is 15.4 Å². The molecular formula is C14H18ClN3O. The van der Waals surface area contributed by atoms with E-state index in [0.29, 0.717) is 6.04 Å². The fraction of sp³-hybridized carbons (Fsp3) is 0.357. The Kier molecular flexibility index (Phi) is 4.45. The number of anilines is 1. The Balaban J connectivity index is 0.00000133. The molecule has 1 atom stereocenters. The summed E-state index contributed by atoms with van der Waals surface area (Å²) >= 11 is 0. The SMILES string of the molecule is COc1cc(NC2CCNC2)c2cccnc2c1.Cl. The molecule has 5 heteroatoms. The van der Waals surface area contributed by atoms with Crippen LogP contribution in [0.25, 0.3) is 10.9 Å². The summed E-state index contributed by atoms with van der Waals surface area (Å²) in [5, 5.41) is 8.08. The molecule has 19 heavy (non-hydrogen) atoms. The number of fused-ring (bicyclic) bond motifs is 1. The number of hydrogen-bond acceptors (Lipinski definition) is 4. The average Bonchev–Trinajstić information content (AvgIpc) is 2.91. The maximum Gasteiger partial charge on any atom is 0.123 e. The zero-order chi connectivity index (χ0) is 12.4. The lowest BCUT2D eigenvalue weighted by molar-refractivity contribution is 0.415. The number of pyridine rings is 1. The number of halogens is 1. The van der Waals surface area contributed by atoms with Gasteiger partial charge >= 0.3 is 0 Å². The second-order valence-electron chi connectivity index (χ2n) is 4.58. The van der Waals surface area contributed by atoms with Gasteiger partial charge in [-0.15, -0.1) is 12.4 Å². The molecule has 0 aliphatic carbocycles. The van der Waals surface area contributed by atoms with Crippen LogP contribution in [0.5, 0.6) is 5.75 Å². The van der Waals surface area contributed by atoms with Crippen molar-refractivity contribution < 1.29 is 4.74 Å². The summed E-state index contributed by atoms with van der Waals surface area (Å²) in [5.41, 5.74) is 2.07. The molecule has 0 amide bonds. The second-order valence-corrected chi connectivity index (χ2v) is 4.58. The average molecular weight is 280 g/mol. The normalized spacial score (nSPS) is 18.1. The third kappa shape index (κ3) is 2.91. The van der Waals surface area contributed by atoms with Crippen LogP contribution in [0, 0.1) is 0 Å². The van der Waals surface area contributed by atoms with Gasteiger partial charge in [0, 0.05) is 42.0 Å². The zero-order valence-corrected chi connectivity index (χ0v) is 11.7. The monoisotopic (exact) mass is 279 g/mol. The standard InChI is InChI=1S/C14H17N3O.ClH/c1-18-11-7-13-12(3-2-5-16-13)14(8-11)17-10-4-6-15-9-10;/h2-3,5,7-8,10,15,17H,4,6,9H2,1H3;1H. The number of nitrogens with one attached hydrogen (secondary N) is 2. The lowest BCUT2D eigenvalue weighted by Crippen LogP contribution is -2.22. The summed E-state index contributed by atoms with van der Waals surface area (Å²) in [6.07, 6.45) is 2.96. The van der Waals surface area contributed by atoms with Crippen LogP contribution >= 0.6 is 12.4 Å². The minimum Gasteiger partial charge on any atom is -0.497 e. The molecule has 2 aromatic rings. The van der Waals surface area contributed by atoms with E-state index in [2.05, 4.69) is 21.7 Å². The molecule has 1 aromatic heterocycles. The smallest absolute Gasteiger partial charge is 0.123 e. The van der Waals surface area contributed by atoms with Gasteiger partial charge in [-0.3, -0.25) is 4.98 Å². The molecule has 1 aliphatic rings. The predicted molar refractivity (Wildman–Crippen MR) is 80.4 cm³/mol. The zero-order valence-electron chi connectivity index (χ0n) is 10.8. The van der Waals surface area contributed by atoms with Gasteiger partial charge in [-0.25, -0.2) is 0 Å². The largest absolute Gasteiger partial charge is 0.497 e. The summed E-state index contributed by atoms with van der Waals surface area (Å²) < 4.78 is 5.33. The molecule has 102 valence electrons. The fourth-order valence-corrected chi connectivity index (χ4v) is 2.39. The van der Waals surface area contributed by atoms with E-state index in [1.807, 2.05) is 24.4 Å². The quantitative estimate of drug-likeness (QED) is 0.906. The van der Waals surface area contributed by atoms with Gasteiger partial charge in [0.15, 0.2) is 0 Å². The number of methoxy groups -OCH3 is 1. The van der Waals surface area contributed by atoms with Crippen LogP contribution in [0.4, 0.5) is 5.69 Å². The number of benzene rings is 1. The molecule has 3 rings (SSSR count). The van der Waals surface area contributed by atoms with E-state index in [1.54, 1.807) is 7.11 Å². The van der Waals surface area contributed by atoms with Gasteiger partial charge in [0.1, 0.15) is 5.75 Å². The van der Waals surface area contributed by atoms with Crippen molar-refractivity contribution in [1.82, 2.24) is 10.3 Å². The second kappa shape index (κ2) is 6.08. The summed E-state index contributed by atoms with van der Waals surface area (Å²) in [5.74, 6) is 0.842. The summed E-state index contributed by atoms with van der Waals surface area (Å²) in [4.78, 5) is 4.39. The van der Waals surface area contributed by atoms with Gasteiger partial charge < -0.3 is 15.4 Å².